The minimum atomic E-state index is -0.579. The molecule has 140 valence electrons. The Morgan fingerprint density at radius 2 is 1.89 bits per heavy atom. The maximum Gasteiger partial charge on any atom is 0.248 e. The molecule has 0 bridgehead atoms. The molecule has 0 aromatic heterocycles. The Balaban J connectivity index is 1.59. The van der Waals surface area contributed by atoms with Crippen LogP contribution in [0.5, 0.6) is 5.75 Å². The van der Waals surface area contributed by atoms with Crippen molar-refractivity contribution < 1.29 is 19.1 Å². The Morgan fingerprint density at radius 3 is 2.63 bits per heavy atom. The van der Waals surface area contributed by atoms with E-state index in [0.717, 1.165) is 16.7 Å². The van der Waals surface area contributed by atoms with E-state index in [-0.39, 0.29) is 19.1 Å². The Labute approximate surface area is 156 Å². The summed E-state index contributed by atoms with van der Waals surface area (Å²) in [6.45, 7) is 4.04. The van der Waals surface area contributed by atoms with Crippen molar-refractivity contribution in [3.8, 4) is 5.75 Å². The monoisotopic (exact) mass is 367 g/mol. The molecule has 2 aromatic carbocycles. The lowest BCUT2D eigenvalue weighted by Gasteiger charge is -2.12. The minimum absolute atomic E-state index is 0.184. The molecule has 0 fully saturated rings. The SMILES string of the molecule is Cc1cc2c(cc1C)C(C(=O)NCC(=O)Nc1cccc(C(N)=O)c1)CO2. The molecular formula is C20H21N3O4. The first-order valence-corrected chi connectivity index (χ1v) is 8.56. The first kappa shape index (κ1) is 18.4. The van der Waals surface area contributed by atoms with Gasteiger partial charge in [-0.05, 0) is 49.2 Å². The third kappa shape index (κ3) is 4.08. The highest BCUT2D eigenvalue weighted by molar-refractivity contribution is 5.98. The van der Waals surface area contributed by atoms with Crippen molar-refractivity contribution in [2.24, 2.45) is 5.73 Å². The fourth-order valence-electron chi connectivity index (χ4n) is 2.94. The first-order valence-electron chi connectivity index (χ1n) is 8.56. The van der Waals surface area contributed by atoms with Crippen molar-refractivity contribution in [2.75, 3.05) is 18.5 Å². The van der Waals surface area contributed by atoms with Crippen LogP contribution < -0.4 is 21.1 Å². The van der Waals surface area contributed by atoms with Crippen molar-refractivity contribution >= 4 is 23.4 Å². The van der Waals surface area contributed by atoms with Gasteiger partial charge in [0.2, 0.25) is 17.7 Å². The number of anilines is 1. The van der Waals surface area contributed by atoms with Crippen LogP contribution in [0.1, 0.15) is 33.0 Å². The van der Waals surface area contributed by atoms with Gasteiger partial charge in [-0.15, -0.1) is 0 Å². The van der Waals surface area contributed by atoms with Gasteiger partial charge in [0.1, 0.15) is 18.3 Å². The molecule has 3 rings (SSSR count). The van der Waals surface area contributed by atoms with Gasteiger partial charge in [0.05, 0.1) is 6.54 Å². The molecule has 7 nitrogen and oxygen atoms in total. The van der Waals surface area contributed by atoms with E-state index in [0.29, 0.717) is 17.0 Å². The predicted octanol–water partition coefficient (Wildman–Crippen LogP) is 1.63. The second kappa shape index (κ2) is 7.49. The maximum absolute atomic E-state index is 12.5. The zero-order valence-electron chi connectivity index (χ0n) is 15.2. The minimum Gasteiger partial charge on any atom is -0.492 e. The Morgan fingerprint density at radius 1 is 1.15 bits per heavy atom. The number of fused-ring (bicyclic) bond motifs is 1. The molecule has 0 radical (unpaired) electrons. The summed E-state index contributed by atoms with van der Waals surface area (Å²) in [6, 6.07) is 10.2. The van der Waals surface area contributed by atoms with Crippen molar-refractivity contribution in [3.05, 3.63) is 58.7 Å². The summed E-state index contributed by atoms with van der Waals surface area (Å²) >= 11 is 0. The van der Waals surface area contributed by atoms with Gasteiger partial charge in [-0.3, -0.25) is 14.4 Å². The molecular weight excluding hydrogens is 346 g/mol. The van der Waals surface area contributed by atoms with E-state index in [9.17, 15) is 14.4 Å². The van der Waals surface area contributed by atoms with Gasteiger partial charge in [-0.1, -0.05) is 12.1 Å². The summed E-state index contributed by atoms with van der Waals surface area (Å²) in [6.07, 6.45) is 0. The van der Waals surface area contributed by atoms with Crippen LogP contribution in [-0.2, 0) is 9.59 Å². The first-order chi connectivity index (χ1) is 12.8. The average molecular weight is 367 g/mol. The van der Waals surface area contributed by atoms with Crippen LogP contribution in [0, 0.1) is 13.8 Å². The summed E-state index contributed by atoms with van der Waals surface area (Å²) < 4.78 is 5.60. The predicted molar refractivity (Wildman–Crippen MR) is 101 cm³/mol. The van der Waals surface area contributed by atoms with Crippen LogP contribution in [0.3, 0.4) is 0 Å². The lowest BCUT2D eigenvalue weighted by Crippen LogP contribution is -2.36. The van der Waals surface area contributed by atoms with E-state index in [1.165, 1.54) is 6.07 Å². The number of primary amides is 1. The van der Waals surface area contributed by atoms with Crippen LogP contribution in [0.25, 0.3) is 0 Å². The van der Waals surface area contributed by atoms with Crippen molar-refractivity contribution in [1.82, 2.24) is 5.32 Å². The van der Waals surface area contributed by atoms with E-state index < -0.39 is 17.7 Å². The molecule has 2 aromatic rings. The van der Waals surface area contributed by atoms with E-state index in [1.807, 2.05) is 26.0 Å². The summed E-state index contributed by atoms with van der Waals surface area (Å²) in [7, 11) is 0. The van der Waals surface area contributed by atoms with Gasteiger partial charge >= 0.3 is 0 Å². The van der Waals surface area contributed by atoms with Crippen LogP contribution in [0.2, 0.25) is 0 Å². The maximum atomic E-state index is 12.5. The number of carbonyl (C=O) groups excluding carboxylic acids is 3. The molecule has 3 amide bonds. The second-order valence-corrected chi connectivity index (χ2v) is 6.55. The molecule has 1 unspecified atom stereocenters. The standard InChI is InChI=1S/C20H21N3O4/c1-11-6-15-16(10-27-17(15)7-12(11)2)20(26)22-9-18(24)23-14-5-3-4-13(8-14)19(21)25/h3-8,16H,9-10H2,1-2H3,(H2,21,25)(H,22,26)(H,23,24). The van der Waals surface area contributed by atoms with Crippen LogP contribution in [0.4, 0.5) is 5.69 Å². The Kier molecular flexibility index (Phi) is 5.12. The smallest absolute Gasteiger partial charge is 0.248 e. The zero-order chi connectivity index (χ0) is 19.6. The molecule has 0 saturated carbocycles. The lowest BCUT2D eigenvalue weighted by molar-refractivity contribution is -0.125. The van der Waals surface area contributed by atoms with Crippen LogP contribution in [0.15, 0.2) is 36.4 Å². The number of hydrogen-bond donors (Lipinski definition) is 3. The Bertz CT molecular complexity index is 923. The third-order valence-corrected chi connectivity index (χ3v) is 4.58. The lowest BCUT2D eigenvalue weighted by atomic mass is 9.96. The largest absolute Gasteiger partial charge is 0.492 e. The van der Waals surface area contributed by atoms with Gasteiger partial charge in [-0.2, -0.15) is 0 Å². The van der Waals surface area contributed by atoms with Crippen LogP contribution in [-0.4, -0.2) is 30.9 Å². The third-order valence-electron chi connectivity index (χ3n) is 4.58. The summed E-state index contributed by atoms with van der Waals surface area (Å²) in [4.78, 5) is 35.7. The van der Waals surface area contributed by atoms with Crippen molar-refractivity contribution in [3.63, 3.8) is 0 Å². The Hall–Kier alpha value is -3.35. The molecule has 0 aliphatic carbocycles. The highest BCUT2D eigenvalue weighted by Crippen LogP contribution is 2.36. The fourth-order valence-corrected chi connectivity index (χ4v) is 2.94. The summed E-state index contributed by atoms with van der Waals surface area (Å²) in [5.41, 5.74) is 8.98. The van der Waals surface area contributed by atoms with Crippen molar-refractivity contribution in [1.29, 1.82) is 0 Å². The van der Waals surface area contributed by atoms with E-state index in [4.69, 9.17) is 10.5 Å². The number of aryl methyl sites for hydroxylation is 2. The van der Waals surface area contributed by atoms with E-state index in [2.05, 4.69) is 10.6 Å². The molecule has 1 aliphatic heterocycles. The summed E-state index contributed by atoms with van der Waals surface area (Å²) in [5, 5.41) is 5.26. The molecule has 27 heavy (non-hydrogen) atoms. The molecule has 0 saturated heterocycles. The molecule has 7 heteroatoms. The topological polar surface area (TPSA) is 111 Å². The fraction of sp³-hybridized carbons (Fsp3) is 0.250. The highest BCUT2D eigenvalue weighted by Gasteiger charge is 2.31. The van der Waals surface area contributed by atoms with Gasteiger partial charge in [0, 0.05) is 16.8 Å². The number of benzene rings is 2. The number of hydrogen-bond acceptors (Lipinski definition) is 4. The van der Waals surface area contributed by atoms with Crippen molar-refractivity contribution in [2.45, 2.75) is 19.8 Å². The second-order valence-electron chi connectivity index (χ2n) is 6.55. The summed E-state index contributed by atoms with van der Waals surface area (Å²) in [5.74, 6) is -0.969. The number of nitrogens with two attached hydrogens (primary N) is 1. The average Bonchev–Trinajstić information content (AvgIpc) is 3.03. The quantitative estimate of drug-likeness (QED) is 0.746. The van der Waals surface area contributed by atoms with Gasteiger partial charge in [0.15, 0.2) is 0 Å². The number of amides is 3. The normalized spacial score (nSPS) is 14.8. The molecule has 1 heterocycles. The van der Waals surface area contributed by atoms with Gasteiger partial charge < -0.3 is 21.1 Å². The number of ether oxygens (including phenoxy) is 1. The van der Waals surface area contributed by atoms with Crippen LogP contribution >= 0.6 is 0 Å². The van der Waals surface area contributed by atoms with E-state index in [1.54, 1.807) is 18.2 Å². The zero-order valence-corrected chi connectivity index (χ0v) is 15.2. The van der Waals surface area contributed by atoms with Gasteiger partial charge in [-0.25, -0.2) is 0 Å². The molecule has 4 N–H and O–H groups in total. The number of carbonyl (C=O) groups is 3. The number of rotatable bonds is 5. The highest BCUT2D eigenvalue weighted by atomic mass is 16.5. The van der Waals surface area contributed by atoms with Gasteiger partial charge in [0.25, 0.3) is 0 Å². The number of nitrogens with one attached hydrogen (secondary N) is 2. The molecule has 1 aliphatic rings. The molecule has 0 spiro atoms. The molecule has 1 atom stereocenters. The van der Waals surface area contributed by atoms with E-state index >= 15 is 0 Å².